The number of hydrogen-bond donors (Lipinski definition) is 1. The van der Waals surface area contributed by atoms with Crippen LogP contribution in [0.15, 0.2) is 77.3 Å². The van der Waals surface area contributed by atoms with Gasteiger partial charge in [-0.25, -0.2) is 9.67 Å². The van der Waals surface area contributed by atoms with Crippen molar-refractivity contribution < 1.29 is 9.53 Å². The molecule has 0 aliphatic rings. The van der Waals surface area contributed by atoms with Crippen LogP contribution in [0.1, 0.15) is 16.2 Å². The smallest absolute Gasteiger partial charge is 0.295 e. The lowest BCUT2D eigenvalue weighted by Crippen LogP contribution is -2.14. The largest absolute Gasteiger partial charge is 0.497 e. The van der Waals surface area contributed by atoms with Crippen LogP contribution in [0.5, 0.6) is 5.75 Å². The number of carbonyl (C=O) groups is 1. The van der Waals surface area contributed by atoms with Crippen molar-refractivity contribution in [2.45, 2.75) is 6.92 Å². The van der Waals surface area contributed by atoms with Crippen molar-refractivity contribution in [1.29, 1.82) is 0 Å². The number of nitrogens with zero attached hydrogens (tertiary/aromatic N) is 3. The molecule has 0 spiro atoms. The summed E-state index contributed by atoms with van der Waals surface area (Å²) < 4.78 is 7.79. The van der Waals surface area contributed by atoms with E-state index in [0.29, 0.717) is 11.5 Å². The fourth-order valence-electron chi connectivity index (χ4n) is 3.04. The first-order valence-electron chi connectivity index (χ1n) is 9.29. The average Bonchev–Trinajstić information content (AvgIpc) is 3.19. The van der Waals surface area contributed by atoms with Gasteiger partial charge in [0.25, 0.3) is 5.91 Å². The molecule has 0 fully saturated rings. The monoisotopic (exact) mass is 462 g/mol. The van der Waals surface area contributed by atoms with E-state index >= 15 is 0 Å². The fraction of sp³-hybridized carbons (Fsp3) is 0.0870. The number of carbonyl (C=O) groups excluding carboxylic acids is 1. The molecule has 0 atom stereocenters. The Hall–Kier alpha value is -3.45. The van der Waals surface area contributed by atoms with Gasteiger partial charge in [0.15, 0.2) is 5.82 Å². The minimum Gasteiger partial charge on any atom is -0.497 e. The molecule has 0 saturated heterocycles. The molecule has 0 radical (unpaired) electrons. The summed E-state index contributed by atoms with van der Waals surface area (Å²) >= 11 is 3.41. The van der Waals surface area contributed by atoms with Gasteiger partial charge < -0.3 is 10.1 Å². The maximum Gasteiger partial charge on any atom is 0.295 e. The number of halogens is 1. The molecular formula is C23H19BrN4O2. The van der Waals surface area contributed by atoms with Crippen molar-refractivity contribution in [3.63, 3.8) is 0 Å². The fourth-order valence-corrected chi connectivity index (χ4v) is 3.44. The molecule has 0 aliphatic carbocycles. The highest BCUT2D eigenvalue weighted by Crippen LogP contribution is 2.24. The number of methoxy groups -OCH3 is 1. The van der Waals surface area contributed by atoms with Gasteiger partial charge in [-0.1, -0.05) is 45.8 Å². The van der Waals surface area contributed by atoms with Gasteiger partial charge >= 0.3 is 0 Å². The van der Waals surface area contributed by atoms with Crippen molar-refractivity contribution in [2.24, 2.45) is 0 Å². The maximum atomic E-state index is 12.8. The van der Waals surface area contributed by atoms with E-state index in [1.165, 1.54) is 0 Å². The summed E-state index contributed by atoms with van der Waals surface area (Å²) in [5.74, 6) is 1.03. The van der Waals surface area contributed by atoms with Gasteiger partial charge in [-0.15, -0.1) is 5.10 Å². The van der Waals surface area contributed by atoms with Crippen LogP contribution in [0.25, 0.3) is 17.1 Å². The van der Waals surface area contributed by atoms with Gasteiger partial charge in [0.1, 0.15) is 5.75 Å². The Labute approximate surface area is 182 Å². The second-order valence-corrected chi connectivity index (χ2v) is 7.62. The summed E-state index contributed by atoms with van der Waals surface area (Å²) in [5, 5.41) is 7.35. The molecule has 0 bridgehead atoms. The number of hydrogen-bond acceptors (Lipinski definition) is 4. The molecule has 6 nitrogen and oxygen atoms in total. The molecule has 30 heavy (non-hydrogen) atoms. The molecule has 7 heteroatoms. The molecule has 150 valence electrons. The van der Waals surface area contributed by atoms with E-state index < -0.39 is 0 Å². The first kappa shape index (κ1) is 19.8. The van der Waals surface area contributed by atoms with Crippen LogP contribution in [0.3, 0.4) is 0 Å². The van der Waals surface area contributed by atoms with Crippen LogP contribution < -0.4 is 10.1 Å². The summed E-state index contributed by atoms with van der Waals surface area (Å²) in [6.07, 6.45) is 0. The van der Waals surface area contributed by atoms with Crippen molar-refractivity contribution in [1.82, 2.24) is 14.8 Å². The van der Waals surface area contributed by atoms with Crippen molar-refractivity contribution >= 4 is 27.5 Å². The molecule has 0 aliphatic heterocycles. The molecule has 4 aromatic rings. The topological polar surface area (TPSA) is 69.0 Å². The SMILES string of the molecule is COc1ccc(-n2nc(C(=O)Nc3cccc(Br)c3)nc2-c2cccc(C)c2)cc1. The molecule has 0 unspecified atom stereocenters. The minimum atomic E-state index is -0.380. The lowest BCUT2D eigenvalue weighted by molar-refractivity contribution is 0.101. The zero-order valence-electron chi connectivity index (χ0n) is 16.5. The molecule has 1 heterocycles. The molecule has 1 N–H and O–H groups in total. The molecule has 4 rings (SSSR count). The lowest BCUT2D eigenvalue weighted by Gasteiger charge is -2.07. The summed E-state index contributed by atoms with van der Waals surface area (Å²) in [6.45, 7) is 2.01. The molecule has 0 saturated carbocycles. The zero-order valence-corrected chi connectivity index (χ0v) is 18.1. The third-order valence-electron chi connectivity index (χ3n) is 4.49. The van der Waals surface area contributed by atoms with Crippen LogP contribution in [-0.2, 0) is 0 Å². The summed E-state index contributed by atoms with van der Waals surface area (Å²) in [6, 6.07) is 22.8. The van der Waals surface area contributed by atoms with Crippen LogP contribution in [-0.4, -0.2) is 27.8 Å². The Bertz CT molecular complexity index is 1200. The van der Waals surface area contributed by atoms with Gasteiger partial charge in [0.2, 0.25) is 5.82 Å². The number of aryl methyl sites for hydroxylation is 1. The maximum absolute atomic E-state index is 12.8. The van der Waals surface area contributed by atoms with E-state index in [1.807, 2.05) is 79.7 Å². The Morgan fingerprint density at radius 3 is 2.50 bits per heavy atom. The zero-order chi connectivity index (χ0) is 21.1. The summed E-state index contributed by atoms with van der Waals surface area (Å²) in [7, 11) is 1.62. The predicted molar refractivity (Wildman–Crippen MR) is 120 cm³/mol. The van der Waals surface area contributed by atoms with E-state index in [9.17, 15) is 4.79 Å². The molecular weight excluding hydrogens is 444 g/mol. The second-order valence-electron chi connectivity index (χ2n) is 6.70. The highest BCUT2D eigenvalue weighted by Gasteiger charge is 2.19. The predicted octanol–water partition coefficient (Wildman–Crippen LogP) is 5.27. The number of ether oxygens (including phenoxy) is 1. The van der Waals surface area contributed by atoms with Crippen molar-refractivity contribution in [3.8, 4) is 22.8 Å². The van der Waals surface area contributed by atoms with Crippen LogP contribution in [0.4, 0.5) is 5.69 Å². The average molecular weight is 463 g/mol. The Kier molecular flexibility index (Phi) is 5.63. The highest BCUT2D eigenvalue weighted by molar-refractivity contribution is 9.10. The Balaban J connectivity index is 1.75. The van der Waals surface area contributed by atoms with Gasteiger partial charge in [-0.3, -0.25) is 4.79 Å². The van der Waals surface area contributed by atoms with Gasteiger partial charge in [0.05, 0.1) is 12.8 Å². The quantitative estimate of drug-likeness (QED) is 0.438. The standard InChI is InChI=1S/C23H19BrN4O2/c1-15-5-3-6-16(13-15)22-26-21(23(29)25-18-8-4-7-17(24)14-18)27-28(22)19-9-11-20(30-2)12-10-19/h3-14H,1-2H3,(H,25,29). The van der Waals surface area contributed by atoms with Crippen LogP contribution in [0.2, 0.25) is 0 Å². The number of aromatic nitrogens is 3. The van der Waals surface area contributed by atoms with E-state index in [1.54, 1.807) is 11.8 Å². The van der Waals surface area contributed by atoms with E-state index in [0.717, 1.165) is 27.0 Å². The van der Waals surface area contributed by atoms with Gasteiger partial charge in [-0.2, -0.15) is 0 Å². The van der Waals surface area contributed by atoms with E-state index in [2.05, 4.69) is 31.3 Å². The third-order valence-corrected chi connectivity index (χ3v) is 4.98. The highest BCUT2D eigenvalue weighted by atomic mass is 79.9. The minimum absolute atomic E-state index is 0.0855. The Morgan fingerprint density at radius 1 is 1.03 bits per heavy atom. The van der Waals surface area contributed by atoms with Crippen LogP contribution >= 0.6 is 15.9 Å². The number of benzene rings is 3. The van der Waals surface area contributed by atoms with Gasteiger partial charge in [-0.05, 0) is 55.5 Å². The number of rotatable bonds is 5. The number of amides is 1. The molecule has 3 aromatic carbocycles. The van der Waals surface area contributed by atoms with Gasteiger partial charge in [0, 0.05) is 15.7 Å². The van der Waals surface area contributed by atoms with E-state index in [4.69, 9.17) is 4.74 Å². The molecule has 1 aromatic heterocycles. The summed E-state index contributed by atoms with van der Waals surface area (Å²) in [5.41, 5.74) is 3.41. The Morgan fingerprint density at radius 2 is 1.80 bits per heavy atom. The van der Waals surface area contributed by atoms with Crippen molar-refractivity contribution in [3.05, 3.63) is 88.7 Å². The first-order chi connectivity index (χ1) is 14.5. The summed E-state index contributed by atoms with van der Waals surface area (Å²) in [4.78, 5) is 17.4. The van der Waals surface area contributed by atoms with Crippen LogP contribution in [0, 0.1) is 6.92 Å². The third kappa shape index (κ3) is 4.26. The first-order valence-corrected chi connectivity index (χ1v) is 10.1. The van der Waals surface area contributed by atoms with E-state index in [-0.39, 0.29) is 11.7 Å². The lowest BCUT2D eigenvalue weighted by atomic mass is 10.1. The normalized spacial score (nSPS) is 10.6. The number of nitrogens with one attached hydrogen (secondary N) is 1. The van der Waals surface area contributed by atoms with Crippen molar-refractivity contribution in [2.75, 3.05) is 12.4 Å². The second kappa shape index (κ2) is 8.51. The number of anilines is 1. The molecule has 1 amide bonds.